The summed E-state index contributed by atoms with van der Waals surface area (Å²) in [6, 6.07) is 14.5. The van der Waals surface area contributed by atoms with Gasteiger partial charge in [-0.2, -0.15) is 0 Å². The number of ether oxygens (including phenoxy) is 2. The van der Waals surface area contributed by atoms with E-state index in [1.165, 1.54) is 0 Å². The van der Waals surface area contributed by atoms with Crippen LogP contribution in [0.4, 0.5) is 5.69 Å². The molecule has 0 radical (unpaired) electrons. The third kappa shape index (κ3) is 5.50. The first-order valence-electron chi connectivity index (χ1n) is 11.1. The maximum Gasteiger partial charge on any atom is 0.307 e. The molecule has 1 fully saturated rings. The lowest BCUT2D eigenvalue weighted by atomic mass is 9.91. The molecule has 1 aliphatic rings. The zero-order valence-corrected chi connectivity index (χ0v) is 19.0. The Balaban J connectivity index is 2.03. The number of hydrogen-bond donors (Lipinski definition) is 1. The number of benzene rings is 2. The summed E-state index contributed by atoms with van der Waals surface area (Å²) < 4.78 is 11.6. The van der Waals surface area contributed by atoms with Crippen molar-refractivity contribution in [2.45, 2.75) is 32.7 Å². The van der Waals surface area contributed by atoms with Crippen molar-refractivity contribution in [3.8, 4) is 11.5 Å². The zero-order chi connectivity index (χ0) is 22.4. The lowest BCUT2D eigenvalue weighted by Crippen LogP contribution is -2.41. The van der Waals surface area contributed by atoms with Crippen molar-refractivity contribution < 1.29 is 19.4 Å². The van der Waals surface area contributed by atoms with Crippen LogP contribution in [-0.2, 0) is 4.79 Å². The second kappa shape index (κ2) is 10.5. The van der Waals surface area contributed by atoms with Crippen molar-refractivity contribution in [2.75, 3.05) is 45.3 Å². The summed E-state index contributed by atoms with van der Waals surface area (Å²) in [5, 5.41) is 9.62. The molecule has 0 bridgehead atoms. The number of aliphatic carboxylic acids is 1. The molecule has 6 heteroatoms. The Hall–Kier alpha value is -2.73. The van der Waals surface area contributed by atoms with Crippen molar-refractivity contribution in [1.82, 2.24) is 4.90 Å². The number of carbonyl (C=O) groups is 1. The highest BCUT2D eigenvalue weighted by Crippen LogP contribution is 2.38. The van der Waals surface area contributed by atoms with Gasteiger partial charge in [-0.15, -0.1) is 0 Å². The molecule has 0 spiro atoms. The first-order chi connectivity index (χ1) is 14.9. The Labute approximate surface area is 185 Å². The Bertz CT molecular complexity index is 866. The number of nitrogens with zero attached hydrogens (tertiary/aromatic N) is 2. The Morgan fingerprint density at radius 3 is 2.32 bits per heavy atom. The van der Waals surface area contributed by atoms with Crippen molar-refractivity contribution in [3.63, 3.8) is 0 Å². The van der Waals surface area contributed by atoms with E-state index in [4.69, 9.17) is 9.47 Å². The summed E-state index contributed by atoms with van der Waals surface area (Å²) in [5.41, 5.74) is 3.35. The monoisotopic (exact) mass is 426 g/mol. The van der Waals surface area contributed by atoms with Gasteiger partial charge in [-0.05, 0) is 68.6 Å². The summed E-state index contributed by atoms with van der Waals surface area (Å²) in [6.45, 7) is 6.44. The Morgan fingerprint density at radius 1 is 1.06 bits per heavy atom. The van der Waals surface area contributed by atoms with Crippen LogP contribution in [0, 0.1) is 5.92 Å². The van der Waals surface area contributed by atoms with Crippen LogP contribution in [0.3, 0.4) is 0 Å². The Kier molecular flexibility index (Phi) is 7.80. The van der Waals surface area contributed by atoms with Crippen molar-refractivity contribution in [3.05, 3.63) is 53.6 Å². The SMILES string of the molecule is CCOc1ccc(C(c2ccc(N(C)C)cc2)N2CCCC(C(=O)O)C2)cc1OCC. The highest BCUT2D eigenvalue weighted by Gasteiger charge is 2.31. The van der Waals surface area contributed by atoms with Gasteiger partial charge in [0.1, 0.15) is 0 Å². The normalized spacial score (nSPS) is 17.7. The molecule has 0 aliphatic carbocycles. The van der Waals surface area contributed by atoms with Gasteiger partial charge in [0.25, 0.3) is 0 Å². The summed E-state index contributed by atoms with van der Waals surface area (Å²) in [5.74, 6) is 0.403. The van der Waals surface area contributed by atoms with Gasteiger partial charge in [0, 0.05) is 26.3 Å². The van der Waals surface area contributed by atoms with Gasteiger partial charge < -0.3 is 19.5 Å². The van der Waals surface area contributed by atoms with Crippen LogP contribution in [0.15, 0.2) is 42.5 Å². The fourth-order valence-corrected chi connectivity index (χ4v) is 4.25. The van der Waals surface area contributed by atoms with E-state index in [0.717, 1.165) is 47.7 Å². The average molecular weight is 427 g/mol. The number of hydrogen-bond acceptors (Lipinski definition) is 5. The van der Waals surface area contributed by atoms with E-state index in [2.05, 4.69) is 40.1 Å². The van der Waals surface area contributed by atoms with Crippen LogP contribution < -0.4 is 14.4 Å². The van der Waals surface area contributed by atoms with Gasteiger partial charge in [-0.3, -0.25) is 9.69 Å². The smallest absolute Gasteiger partial charge is 0.307 e. The Morgan fingerprint density at radius 2 is 1.71 bits per heavy atom. The van der Waals surface area contributed by atoms with Crippen LogP contribution in [0.25, 0.3) is 0 Å². The van der Waals surface area contributed by atoms with Gasteiger partial charge >= 0.3 is 5.97 Å². The second-order valence-electron chi connectivity index (χ2n) is 8.13. The lowest BCUT2D eigenvalue weighted by molar-refractivity contribution is -0.143. The second-order valence-corrected chi connectivity index (χ2v) is 8.13. The molecule has 1 saturated heterocycles. The maximum absolute atomic E-state index is 11.7. The van der Waals surface area contributed by atoms with Crippen molar-refractivity contribution in [1.29, 1.82) is 0 Å². The summed E-state index contributed by atoms with van der Waals surface area (Å²) in [6.07, 6.45) is 1.60. The molecule has 1 heterocycles. The molecular weight excluding hydrogens is 392 g/mol. The molecular formula is C25H34N2O4. The van der Waals surface area contributed by atoms with Gasteiger partial charge in [0.2, 0.25) is 0 Å². The zero-order valence-electron chi connectivity index (χ0n) is 19.0. The van der Waals surface area contributed by atoms with E-state index in [1.54, 1.807) is 0 Å². The van der Waals surface area contributed by atoms with Crippen LogP contribution in [0.1, 0.15) is 43.9 Å². The third-order valence-electron chi connectivity index (χ3n) is 5.78. The molecule has 31 heavy (non-hydrogen) atoms. The molecule has 0 amide bonds. The molecule has 2 aromatic carbocycles. The molecule has 0 saturated carbocycles. The van der Waals surface area contributed by atoms with E-state index >= 15 is 0 Å². The van der Waals surface area contributed by atoms with Gasteiger partial charge in [0.15, 0.2) is 11.5 Å². The molecule has 3 rings (SSSR count). The fourth-order valence-electron chi connectivity index (χ4n) is 4.25. The average Bonchev–Trinajstić information content (AvgIpc) is 2.76. The van der Waals surface area contributed by atoms with Crippen LogP contribution >= 0.6 is 0 Å². The van der Waals surface area contributed by atoms with Gasteiger partial charge in [0.05, 0.1) is 25.2 Å². The first-order valence-corrected chi connectivity index (χ1v) is 11.1. The summed E-state index contributed by atoms with van der Waals surface area (Å²) in [7, 11) is 4.05. The van der Waals surface area contributed by atoms with Crippen molar-refractivity contribution in [2.24, 2.45) is 5.92 Å². The molecule has 2 atom stereocenters. The van der Waals surface area contributed by atoms with Crippen LogP contribution in [0.5, 0.6) is 11.5 Å². The van der Waals surface area contributed by atoms with Crippen molar-refractivity contribution >= 4 is 11.7 Å². The van der Waals surface area contributed by atoms with Gasteiger partial charge in [-0.1, -0.05) is 18.2 Å². The minimum absolute atomic E-state index is 0.0479. The lowest BCUT2D eigenvalue weighted by Gasteiger charge is -2.38. The van der Waals surface area contributed by atoms with E-state index in [0.29, 0.717) is 19.8 Å². The highest BCUT2D eigenvalue weighted by molar-refractivity contribution is 5.70. The molecule has 1 N–H and O–H groups in total. The van der Waals surface area contributed by atoms with E-state index in [9.17, 15) is 9.90 Å². The number of rotatable bonds is 9. The molecule has 168 valence electrons. The maximum atomic E-state index is 11.7. The third-order valence-corrected chi connectivity index (χ3v) is 5.78. The quantitative estimate of drug-likeness (QED) is 0.640. The topological polar surface area (TPSA) is 62.2 Å². The number of anilines is 1. The predicted molar refractivity (Wildman–Crippen MR) is 123 cm³/mol. The van der Waals surface area contributed by atoms with E-state index < -0.39 is 5.97 Å². The molecule has 1 aliphatic heterocycles. The number of piperidine rings is 1. The molecule has 6 nitrogen and oxygen atoms in total. The standard InChI is InChI=1S/C25H34N2O4/c1-5-30-22-14-11-19(16-23(22)31-6-2)24(18-9-12-21(13-10-18)26(3)4)27-15-7-8-20(17-27)25(28)29/h9-14,16,20,24H,5-8,15,17H2,1-4H3,(H,28,29). The van der Waals surface area contributed by atoms with Crippen LogP contribution in [0.2, 0.25) is 0 Å². The minimum atomic E-state index is -0.715. The summed E-state index contributed by atoms with van der Waals surface area (Å²) >= 11 is 0. The minimum Gasteiger partial charge on any atom is -0.490 e. The molecule has 2 unspecified atom stereocenters. The first kappa shape index (κ1) is 22.9. The fraction of sp³-hybridized carbons (Fsp3) is 0.480. The number of likely N-dealkylation sites (tertiary alicyclic amines) is 1. The van der Waals surface area contributed by atoms with E-state index in [1.807, 2.05) is 40.1 Å². The van der Waals surface area contributed by atoms with Crippen LogP contribution in [-0.4, -0.2) is 56.4 Å². The molecule has 2 aromatic rings. The van der Waals surface area contributed by atoms with Gasteiger partial charge in [-0.25, -0.2) is 0 Å². The largest absolute Gasteiger partial charge is 0.490 e. The van der Waals surface area contributed by atoms with E-state index in [-0.39, 0.29) is 12.0 Å². The highest BCUT2D eigenvalue weighted by atomic mass is 16.5. The molecule has 0 aromatic heterocycles. The summed E-state index contributed by atoms with van der Waals surface area (Å²) in [4.78, 5) is 16.1. The predicted octanol–water partition coefficient (Wildman–Crippen LogP) is 4.44. The number of carboxylic acids is 1. The number of carboxylic acid groups (broad SMARTS) is 1.